The minimum absolute atomic E-state index is 0.705. The van der Waals surface area contributed by atoms with Crippen LogP contribution < -0.4 is 0 Å². The molecule has 0 spiro atoms. The van der Waals surface area contributed by atoms with Gasteiger partial charge in [0, 0.05) is 0 Å². The SMILES string of the molecule is [C-]#[N+]c1ccc2cc(C)ccc2c1. The van der Waals surface area contributed by atoms with E-state index in [0.29, 0.717) is 5.69 Å². The predicted octanol–water partition coefficient (Wildman–Crippen LogP) is 3.70. The number of fused-ring (bicyclic) bond motifs is 1. The highest BCUT2D eigenvalue weighted by atomic mass is 14.6. The average molecular weight is 167 g/mol. The maximum Gasteiger partial charge on any atom is 0.187 e. The van der Waals surface area contributed by atoms with E-state index < -0.39 is 0 Å². The van der Waals surface area contributed by atoms with Crippen molar-refractivity contribution in [1.82, 2.24) is 0 Å². The summed E-state index contributed by atoms with van der Waals surface area (Å²) in [6, 6.07) is 12.0. The molecule has 62 valence electrons. The second-order valence-electron chi connectivity index (χ2n) is 3.15. The topological polar surface area (TPSA) is 4.36 Å². The van der Waals surface area contributed by atoms with E-state index in [9.17, 15) is 0 Å². The van der Waals surface area contributed by atoms with Crippen LogP contribution in [0.25, 0.3) is 15.6 Å². The fraction of sp³-hybridized carbons (Fsp3) is 0.0833. The van der Waals surface area contributed by atoms with Crippen LogP contribution in [0.3, 0.4) is 0 Å². The first-order valence-electron chi connectivity index (χ1n) is 4.17. The Morgan fingerprint density at radius 1 is 1.00 bits per heavy atom. The third kappa shape index (κ3) is 1.39. The van der Waals surface area contributed by atoms with Crippen LogP contribution in [0.5, 0.6) is 0 Å². The lowest BCUT2D eigenvalue weighted by atomic mass is 10.1. The van der Waals surface area contributed by atoms with Crippen molar-refractivity contribution in [3.8, 4) is 0 Å². The third-order valence-corrected chi connectivity index (χ3v) is 2.11. The summed E-state index contributed by atoms with van der Waals surface area (Å²) in [5, 5.41) is 2.34. The van der Waals surface area contributed by atoms with Crippen molar-refractivity contribution in [2.75, 3.05) is 0 Å². The Balaban J connectivity index is 2.75. The lowest BCUT2D eigenvalue weighted by Gasteiger charge is -1.99. The van der Waals surface area contributed by atoms with Crippen LogP contribution in [0.15, 0.2) is 36.4 Å². The molecule has 2 aromatic carbocycles. The number of aryl methyl sites for hydroxylation is 1. The zero-order chi connectivity index (χ0) is 9.26. The first kappa shape index (κ1) is 7.82. The van der Waals surface area contributed by atoms with E-state index in [2.05, 4.69) is 30.0 Å². The van der Waals surface area contributed by atoms with Crippen molar-refractivity contribution in [3.05, 3.63) is 53.4 Å². The average Bonchev–Trinajstić information content (AvgIpc) is 2.17. The van der Waals surface area contributed by atoms with Crippen LogP contribution in [-0.4, -0.2) is 0 Å². The predicted molar refractivity (Wildman–Crippen MR) is 54.9 cm³/mol. The van der Waals surface area contributed by atoms with E-state index in [1.807, 2.05) is 18.2 Å². The Labute approximate surface area is 77.4 Å². The first-order chi connectivity index (χ1) is 6.29. The van der Waals surface area contributed by atoms with Gasteiger partial charge in [0.2, 0.25) is 0 Å². The van der Waals surface area contributed by atoms with Gasteiger partial charge in [-0.15, -0.1) is 0 Å². The molecule has 0 aliphatic heterocycles. The number of hydrogen-bond donors (Lipinski definition) is 0. The maximum atomic E-state index is 6.89. The lowest BCUT2D eigenvalue weighted by Crippen LogP contribution is -1.74. The van der Waals surface area contributed by atoms with Crippen LogP contribution >= 0.6 is 0 Å². The molecule has 0 N–H and O–H groups in total. The van der Waals surface area contributed by atoms with Crippen molar-refractivity contribution in [2.45, 2.75) is 6.92 Å². The highest BCUT2D eigenvalue weighted by Gasteiger charge is 1.95. The summed E-state index contributed by atoms with van der Waals surface area (Å²) < 4.78 is 0. The highest BCUT2D eigenvalue weighted by molar-refractivity contribution is 5.86. The second-order valence-corrected chi connectivity index (χ2v) is 3.15. The molecule has 0 aromatic heterocycles. The Bertz CT molecular complexity index is 492. The fourth-order valence-electron chi connectivity index (χ4n) is 1.42. The van der Waals surface area contributed by atoms with Gasteiger partial charge in [0.25, 0.3) is 0 Å². The summed E-state index contributed by atoms with van der Waals surface area (Å²) in [5.74, 6) is 0. The normalized spacial score (nSPS) is 9.85. The Hall–Kier alpha value is -1.81. The van der Waals surface area contributed by atoms with Crippen molar-refractivity contribution >= 4 is 16.5 Å². The van der Waals surface area contributed by atoms with Crippen LogP contribution in [0.2, 0.25) is 0 Å². The van der Waals surface area contributed by atoms with E-state index in [1.165, 1.54) is 10.9 Å². The molecule has 0 saturated carbocycles. The Morgan fingerprint density at radius 3 is 2.46 bits per heavy atom. The van der Waals surface area contributed by atoms with Crippen LogP contribution in [0.1, 0.15) is 5.56 Å². The van der Waals surface area contributed by atoms with Gasteiger partial charge in [0.15, 0.2) is 5.69 Å². The van der Waals surface area contributed by atoms with Gasteiger partial charge in [-0.2, -0.15) is 0 Å². The summed E-state index contributed by atoms with van der Waals surface area (Å²) >= 11 is 0. The smallest absolute Gasteiger partial charge is 0.187 e. The lowest BCUT2D eigenvalue weighted by molar-refractivity contribution is 1.51. The van der Waals surface area contributed by atoms with Gasteiger partial charge in [-0.25, -0.2) is 4.85 Å². The minimum Gasteiger partial charge on any atom is -0.238 e. The number of rotatable bonds is 0. The molecule has 0 aliphatic rings. The first-order valence-corrected chi connectivity index (χ1v) is 4.17. The number of nitrogens with zero attached hydrogens (tertiary/aromatic N) is 1. The van der Waals surface area contributed by atoms with Gasteiger partial charge < -0.3 is 0 Å². The molecule has 0 amide bonds. The van der Waals surface area contributed by atoms with Crippen LogP contribution in [-0.2, 0) is 0 Å². The molecule has 0 aliphatic carbocycles. The number of hydrogen-bond acceptors (Lipinski definition) is 0. The molecule has 2 aromatic rings. The van der Waals surface area contributed by atoms with Gasteiger partial charge in [-0.3, -0.25) is 0 Å². The number of benzene rings is 2. The second kappa shape index (κ2) is 2.91. The van der Waals surface area contributed by atoms with E-state index in [0.717, 1.165) is 5.39 Å². The highest BCUT2D eigenvalue weighted by Crippen LogP contribution is 2.21. The molecule has 0 heterocycles. The molecule has 2 rings (SSSR count). The molecule has 0 fully saturated rings. The van der Waals surface area contributed by atoms with Gasteiger partial charge in [0.05, 0.1) is 6.57 Å². The summed E-state index contributed by atoms with van der Waals surface area (Å²) in [6.07, 6.45) is 0. The molecule has 1 nitrogen and oxygen atoms in total. The van der Waals surface area contributed by atoms with Gasteiger partial charge in [-0.1, -0.05) is 35.9 Å². The summed E-state index contributed by atoms with van der Waals surface area (Å²) in [5.41, 5.74) is 1.96. The molecular weight excluding hydrogens is 158 g/mol. The van der Waals surface area contributed by atoms with Crippen molar-refractivity contribution < 1.29 is 0 Å². The van der Waals surface area contributed by atoms with E-state index in [-0.39, 0.29) is 0 Å². The van der Waals surface area contributed by atoms with Crippen LogP contribution in [0.4, 0.5) is 5.69 Å². The zero-order valence-corrected chi connectivity index (χ0v) is 7.41. The van der Waals surface area contributed by atoms with Gasteiger partial charge >= 0.3 is 0 Å². The molecule has 13 heavy (non-hydrogen) atoms. The van der Waals surface area contributed by atoms with E-state index >= 15 is 0 Å². The Kier molecular flexibility index (Phi) is 1.75. The Morgan fingerprint density at radius 2 is 1.69 bits per heavy atom. The van der Waals surface area contributed by atoms with Gasteiger partial charge in [0.1, 0.15) is 0 Å². The molecule has 0 saturated heterocycles. The van der Waals surface area contributed by atoms with Crippen molar-refractivity contribution in [3.63, 3.8) is 0 Å². The zero-order valence-electron chi connectivity index (χ0n) is 7.41. The molecular formula is C12H9N. The quantitative estimate of drug-likeness (QED) is 0.527. The fourth-order valence-corrected chi connectivity index (χ4v) is 1.42. The summed E-state index contributed by atoms with van der Waals surface area (Å²) in [6.45, 7) is 8.96. The van der Waals surface area contributed by atoms with Crippen LogP contribution in [0, 0.1) is 13.5 Å². The summed E-state index contributed by atoms with van der Waals surface area (Å²) in [4.78, 5) is 3.39. The minimum atomic E-state index is 0.705. The van der Waals surface area contributed by atoms with Gasteiger partial charge in [-0.05, 0) is 23.8 Å². The largest absolute Gasteiger partial charge is 0.238 e. The van der Waals surface area contributed by atoms with E-state index in [4.69, 9.17) is 6.57 Å². The van der Waals surface area contributed by atoms with Crippen molar-refractivity contribution in [1.29, 1.82) is 0 Å². The monoisotopic (exact) mass is 167 g/mol. The van der Waals surface area contributed by atoms with E-state index in [1.54, 1.807) is 0 Å². The third-order valence-electron chi connectivity index (χ3n) is 2.11. The standard InChI is InChI=1S/C12H9N/c1-9-3-4-11-8-12(13-2)6-5-10(11)7-9/h3-8H,1H3. The molecule has 0 radical (unpaired) electrons. The molecule has 0 bridgehead atoms. The molecule has 0 atom stereocenters. The summed E-state index contributed by atoms with van der Waals surface area (Å²) in [7, 11) is 0. The maximum absolute atomic E-state index is 6.89. The van der Waals surface area contributed by atoms with Crippen molar-refractivity contribution in [2.24, 2.45) is 0 Å². The molecule has 0 unspecified atom stereocenters. The molecule has 1 heteroatoms.